The number of hydrogen-bond acceptors (Lipinski definition) is 4. The highest BCUT2D eigenvalue weighted by Crippen LogP contribution is 2.34. The summed E-state index contributed by atoms with van der Waals surface area (Å²) in [5.41, 5.74) is 2.23. The molecule has 7 heteroatoms. The Bertz CT molecular complexity index is 1230. The summed E-state index contributed by atoms with van der Waals surface area (Å²) < 4.78 is 34.5. The molecule has 0 aliphatic carbocycles. The first-order valence-corrected chi connectivity index (χ1v) is 11.6. The SMILES string of the molecule is O=C(C1CCCO1)N1CCc2ccc(NS(=O)(=O)c3cccc4ccccc34)cc21. The first-order valence-electron chi connectivity index (χ1n) is 10.1. The van der Waals surface area contributed by atoms with Crippen LogP contribution in [0.4, 0.5) is 11.4 Å². The molecule has 3 aromatic carbocycles. The van der Waals surface area contributed by atoms with E-state index < -0.39 is 16.1 Å². The quantitative estimate of drug-likeness (QED) is 0.696. The van der Waals surface area contributed by atoms with Gasteiger partial charge in [0.1, 0.15) is 6.10 Å². The van der Waals surface area contributed by atoms with E-state index in [1.54, 1.807) is 35.2 Å². The maximum absolute atomic E-state index is 13.1. The molecule has 5 rings (SSSR count). The van der Waals surface area contributed by atoms with Crippen molar-refractivity contribution in [3.63, 3.8) is 0 Å². The van der Waals surface area contributed by atoms with Gasteiger partial charge in [0.2, 0.25) is 0 Å². The zero-order chi connectivity index (χ0) is 20.7. The van der Waals surface area contributed by atoms with E-state index in [1.165, 1.54) is 0 Å². The molecule has 3 aromatic rings. The molecule has 1 N–H and O–H groups in total. The Labute approximate surface area is 175 Å². The van der Waals surface area contributed by atoms with Crippen LogP contribution in [0, 0.1) is 0 Å². The molecule has 1 atom stereocenters. The first kappa shape index (κ1) is 19.1. The Morgan fingerprint density at radius 2 is 1.90 bits per heavy atom. The molecule has 0 aromatic heterocycles. The molecule has 6 nitrogen and oxygen atoms in total. The second-order valence-corrected chi connectivity index (χ2v) is 9.32. The van der Waals surface area contributed by atoms with Crippen LogP contribution in [0.2, 0.25) is 0 Å². The molecule has 1 fully saturated rings. The number of carbonyl (C=O) groups is 1. The van der Waals surface area contributed by atoms with Crippen molar-refractivity contribution in [1.29, 1.82) is 0 Å². The minimum atomic E-state index is -3.79. The molecule has 0 spiro atoms. The summed E-state index contributed by atoms with van der Waals surface area (Å²) in [5.74, 6) is -0.0414. The highest BCUT2D eigenvalue weighted by molar-refractivity contribution is 7.93. The van der Waals surface area contributed by atoms with Crippen molar-refractivity contribution in [1.82, 2.24) is 0 Å². The second-order valence-electron chi connectivity index (χ2n) is 7.67. The van der Waals surface area contributed by atoms with Crippen LogP contribution in [0.25, 0.3) is 10.8 Å². The van der Waals surface area contributed by atoms with Gasteiger partial charge in [0.25, 0.3) is 15.9 Å². The monoisotopic (exact) mass is 422 g/mol. The second kappa shape index (κ2) is 7.41. The lowest BCUT2D eigenvalue weighted by atomic mass is 10.1. The lowest BCUT2D eigenvalue weighted by Gasteiger charge is -2.21. The summed E-state index contributed by atoms with van der Waals surface area (Å²) in [6.45, 7) is 1.20. The van der Waals surface area contributed by atoms with Gasteiger partial charge in [0.15, 0.2) is 0 Å². The van der Waals surface area contributed by atoms with Gasteiger partial charge in [0, 0.05) is 24.2 Å². The van der Waals surface area contributed by atoms with Crippen LogP contribution in [0.15, 0.2) is 65.6 Å². The molecule has 2 aliphatic heterocycles. The number of benzene rings is 3. The van der Waals surface area contributed by atoms with Crippen LogP contribution in [0.1, 0.15) is 18.4 Å². The van der Waals surface area contributed by atoms with E-state index >= 15 is 0 Å². The Morgan fingerprint density at radius 1 is 1.07 bits per heavy atom. The molecule has 2 aliphatic rings. The van der Waals surface area contributed by atoms with Gasteiger partial charge in [-0.25, -0.2) is 8.42 Å². The number of nitrogens with zero attached hydrogens (tertiary/aromatic N) is 1. The van der Waals surface area contributed by atoms with Crippen LogP contribution >= 0.6 is 0 Å². The van der Waals surface area contributed by atoms with Gasteiger partial charge in [-0.15, -0.1) is 0 Å². The van der Waals surface area contributed by atoms with Crippen molar-refractivity contribution < 1.29 is 17.9 Å². The van der Waals surface area contributed by atoms with Crippen LogP contribution in [0.5, 0.6) is 0 Å². The number of rotatable bonds is 4. The van der Waals surface area contributed by atoms with Gasteiger partial charge in [-0.05, 0) is 48.4 Å². The van der Waals surface area contributed by atoms with Crippen molar-refractivity contribution >= 4 is 38.1 Å². The van der Waals surface area contributed by atoms with E-state index in [4.69, 9.17) is 4.74 Å². The predicted octanol–water partition coefficient (Wildman–Crippen LogP) is 3.71. The minimum Gasteiger partial charge on any atom is -0.368 e. The maximum Gasteiger partial charge on any atom is 0.262 e. The highest BCUT2D eigenvalue weighted by Gasteiger charge is 2.33. The number of sulfonamides is 1. The average Bonchev–Trinajstić information content (AvgIpc) is 3.42. The third kappa shape index (κ3) is 3.34. The third-order valence-corrected chi connectivity index (χ3v) is 7.18. The summed E-state index contributed by atoms with van der Waals surface area (Å²) in [5, 5.41) is 1.53. The fraction of sp³-hybridized carbons (Fsp3) is 0.261. The van der Waals surface area contributed by atoms with Crippen LogP contribution < -0.4 is 9.62 Å². The summed E-state index contributed by atoms with van der Waals surface area (Å²) in [6, 6.07) is 18.0. The largest absolute Gasteiger partial charge is 0.368 e. The van der Waals surface area contributed by atoms with Crippen molar-refractivity contribution in [2.45, 2.75) is 30.3 Å². The predicted molar refractivity (Wildman–Crippen MR) is 116 cm³/mol. The molecular weight excluding hydrogens is 400 g/mol. The van der Waals surface area contributed by atoms with E-state index in [0.29, 0.717) is 24.2 Å². The molecule has 1 unspecified atom stereocenters. The van der Waals surface area contributed by atoms with E-state index in [1.807, 2.05) is 30.3 Å². The lowest BCUT2D eigenvalue weighted by Crippen LogP contribution is -2.37. The summed E-state index contributed by atoms with van der Waals surface area (Å²) in [6.07, 6.45) is 1.98. The smallest absolute Gasteiger partial charge is 0.262 e. The van der Waals surface area contributed by atoms with Crippen LogP contribution in [-0.2, 0) is 26.0 Å². The zero-order valence-electron chi connectivity index (χ0n) is 16.4. The number of nitrogens with one attached hydrogen (secondary N) is 1. The standard InChI is InChI=1S/C23H22N2O4S/c26-23(21-8-4-14-29-21)25-13-12-17-10-11-18(15-20(17)25)24-30(27,28)22-9-3-6-16-5-1-2-7-19(16)22/h1-3,5-7,9-11,15,21,24H,4,8,12-14H2. The highest BCUT2D eigenvalue weighted by atomic mass is 32.2. The van der Waals surface area contributed by atoms with Crippen LogP contribution in [0.3, 0.4) is 0 Å². The molecule has 30 heavy (non-hydrogen) atoms. The Balaban J connectivity index is 1.46. The Kier molecular flexibility index (Phi) is 4.72. The van der Waals surface area contributed by atoms with E-state index in [0.717, 1.165) is 35.9 Å². The van der Waals surface area contributed by atoms with Crippen molar-refractivity contribution in [3.05, 3.63) is 66.2 Å². The number of ether oxygens (including phenoxy) is 1. The van der Waals surface area contributed by atoms with Crippen molar-refractivity contribution in [2.24, 2.45) is 0 Å². The summed E-state index contributed by atoms with van der Waals surface area (Å²) in [7, 11) is -3.79. The number of hydrogen-bond donors (Lipinski definition) is 1. The molecule has 1 amide bonds. The van der Waals surface area contributed by atoms with E-state index in [2.05, 4.69) is 4.72 Å². The molecule has 1 saturated heterocycles. The van der Waals surface area contributed by atoms with Crippen molar-refractivity contribution in [3.8, 4) is 0 Å². The molecule has 2 heterocycles. The Hall–Kier alpha value is -2.90. The molecule has 154 valence electrons. The lowest BCUT2D eigenvalue weighted by molar-refractivity contribution is -0.127. The van der Waals surface area contributed by atoms with Gasteiger partial charge in [-0.1, -0.05) is 42.5 Å². The number of amides is 1. The molecular formula is C23H22N2O4S. The van der Waals surface area contributed by atoms with Crippen molar-refractivity contribution in [2.75, 3.05) is 22.8 Å². The normalized spacial score (nSPS) is 18.5. The topological polar surface area (TPSA) is 75.7 Å². The van der Waals surface area contributed by atoms with E-state index in [-0.39, 0.29) is 10.8 Å². The maximum atomic E-state index is 13.1. The summed E-state index contributed by atoms with van der Waals surface area (Å²) >= 11 is 0. The fourth-order valence-electron chi connectivity index (χ4n) is 4.26. The first-order chi connectivity index (χ1) is 14.5. The minimum absolute atomic E-state index is 0.0414. The van der Waals surface area contributed by atoms with Gasteiger partial charge in [0.05, 0.1) is 10.6 Å². The van der Waals surface area contributed by atoms with Gasteiger partial charge in [-0.2, -0.15) is 0 Å². The average molecular weight is 423 g/mol. The third-order valence-electron chi connectivity index (χ3n) is 5.74. The summed E-state index contributed by atoms with van der Waals surface area (Å²) in [4.78, 5) is 14.8. The van der Waals surface area contributed by atoms with Crippen LogP contribution in [-0.4, -0.2) is 33.6 Å². The fourth-order valence-corrected chi connectivity index (χ4v) is 5.54. The molecule has 0 bridgehead atoms. The van der Waals surface area contributed by atoms with Gasteiger partial charge in [-0.3, -0.25) is 9.52 Å². The number of carbonyl (C=O) groups excluding carboxylic acids is 1. The number of fused-ring (bicyclic) bond motifs is 2. The van der Waals surface area contributed by atoms with Gasteiger partial charge < -0.3 is 9.64 Å². The van der Waals surface area contributed by atoms with E-state index in [9.17, 15) is 13.2 Å². The molecule has 0 radical (unpaired) electrons. The Morgan fingerprint density at radius 3 is 2.73 bits per heavy atom. The zero-order valence-corrected chi connectivity index (χ0v) is 17.2. The molecule has 0 saturated carbocycles. The van der Waals surface area contributed by atoms with Gasteiger partial charge >= 0.3 is 0 Å². The number of anilines is 2.